The van der Waals surface area contributed by atoms with Crippen LogP contribution in [0.25, 0.3) is 11.0 Å². The Morgan fingerprint density at radius 2 is 1.91 bits per heavy atom. The highest BCUT2D eigenvalue weighted by Gasteiger charge is 2.23. The Morgan fingerprint density at radius 1 is 1.18 bits per heavy atom. The largest absolute Gasteiger partial charge is 0.332 e. The molecule has 0 bridgehead atoms. The van der Waals surface area contributed by atoms with Gasteiger partial charge in [-0.05, 0) is 18.9 Å². The fraction of sp³-hybridized carbons (Fsp3) is 0.409. The van der Waals surface area contributed by atoms with E-state index in [1.165, 1.54) is 29.8 Å². The topological polar surface area (TPSA) is 142 Å². The Balaban J connectivity index is 1.67. The zero-order valence-electron chi connectivity index (χ0n) is 18.8. The summed E-state index contributed by atoms with van der Waals surface area (Å²) >= 11 is 1.08. The standard InChI is InChI=1S/C22H24N6O5S/c1-26-19-17(21(30)27(2)22(26)31)20(25-18(24-19)13-7-4-3-5-8-13)34-12-16(29)23-14-9-6-10-15(11-14)28(32)33/h6,9-11,13H,3-5,7-8,12H2,1-2H3,(H,23,29). The third kappa shape index (κ3) is 4.72. The molecule has 4 rings (SSSR count). The van der Waals surface area contributed by atoms with Crippen molar-refractivity contribution in [1.29, 1.82) is 0 Å². The van der Waals surface area contributed by atoms with Gasteiger partial charge in [0.2, 0.25) is 5.91 Å². The number of hydrogen-bond donors (Lipinski definition) is 1. The average molecular weight is 485 g/mol. The van der Waals surface area contributed by atoms with Crippen molar-refractivity contribution < 1.29 is 9.72 Å². The second kappa shape index (κ2) is 9.75. The summed E-state index contributed by atoms with van der Waals surface area (Å²) in [6, 6.07) is 5.65. The molecule has 2 aromatic heterocycles. The quantitative estimate of drug-likeness (QED) is 0.244. The van der Waals surface area contributed by atoms with Gasteiger partial charge in [0.05, 0.1) is 10.7 Å². The van der Waals surface area contributed by atoms with Crippen molar-refractivity contribution in [3.63, 3.8) is 0 Å². The van der Waals surface area contributed by atoms with Crippen LogP contribution in [0.2, 0.25) is 0 Å². The van der Waals surface area contributed by atoms with Crippen molar-refractivity contribution in [2.24, 2.45) is 14.1 Å². The summed E-state index contributed by atoms with van der Waals surface area (Å²) in [6.45, 7) is 0. The van der Waals surface area contributed by atoms with Gasteiger partial charge < -0.3 is 5.32 Å². The Kier molecular flexibility index (Phi) is 6.77. The molecule has 34 heavy (non-hydrogen) atoms. The number of aryl methyl sites for hydroxylation is 1. The molecule has 0 atom stereocenters. The normalized spacial score (nSPS) is 14.3. The number of fused-ring (bicyclic) bond motifs is 1. The Labute approximate surface area is 198 Å². The Bertz CT molecular complexity index is 1390. The molecule has 1 amide bonds. The first-order valence-electron chi connectivity index (χ1n) is 10.9. The number of rotatable bonds is 6. The molecular weight excluding hydrogens is 460 g/mol. The van der Waals surface area contributed by atoms with E-state index >= 15 is 0 Å². The van der Waals surface area contributed by atoms with Crippen molar-refractivity contribution in [2.45, 2.75) is 43.0 Å². The highest BCUT2D eigenvalue weighted by Crippen LogP contribution is 2.33. The zero-order chi connectivity index (χ0) is 24.4. The first-order chi connectivity index (χ1) is 16.3. The van der Waals surface area contributed by atoms with Gasteiger partial charge in [0.1, 0.15) is 16.2 Å². The van der Waals surface area contributed by atoms with Gasteiger partial charge >= 0.3 is 5.69 Å². The summed E-state index contributed by atoms with van der Waals surface area (Å²) in [7, 11) is 2.95. The van der Waals surface area contributed by atoms with Gasteiger partial charge in [0.15, 0.2) is 5.65 Å². The number of anilines is 1. The number of benzene rings is 1. The van der Waals surface area contributed by atoms with Gasteiger partial charge in [0.25, 0.3) is 11.2 Å². The Hall–Kier alpha value is -3.54. The van der Waals surface area contributed by atoms with Crippen LogP contribution >= 0.6 is 11.8 Å². The van der Waals surface area contributed by atoms with Crippen LogP contribution in [0.4, 0.5) is 11.4 Å². The van der Waals surface area contributed by atoms with Crippen LogP contribution in [0.5, 0.6) is 0 Å². The molecule has 1 fully saturated rings. The number of thioether (sulfide) groups is 1. The van der Waals surface area contributed by atoms with E-state index < -0.39 is 22.1 Å². The molecule has 1 aromatic carbocycles. The number of amides is 1. The molecule has 11 nitrogen and oxygen atoms in total. The van der Waals surface area contributed by atoms with E-state index in [1.807, 2.05) is 0 Å². The molecule has 0 spiro atoms. The SMILES string of the molecule is Cn1c(=O)c2c(SCC(=O)Nc3cccc([N+](=O)[O-])c3)nc(C3CCCCC3)nc2n(C)c1=O. The van der Waals surface area contributed by atoms with E-state index in [2.05, 4.69) is 15.3 Å². The van der Waals surface area contributed by atoms with Gasteiger partial charge in [-0.3, -0.25) is 28.8 Å². The number of nitro benzene ring substituents is 1. The van der Waals surface area contributed by atoms with Crippen molar-refractivity contribution in [3.05, 3.63) is 61.0 Å². The monoisotopic (exact) mass is 484 g/mol. The van der Waals surface area contributed by atoms with Gasteiger partial charge in [-0.25, -0.2) is 14.8 Å². The molecule has 1 saturated carbocycles. The maximum Gasteiger partial charge on any atom is 0.332 e. The van der Waals surface area contributed by atoms with Gasteiger partial charge in [-0.2, -0.15) is 0 Å². The van der Waals surface area contributed by atoms with E-state index in [-0.39, 0.29) is 28.4 Å². The maximum atomic E-state index is 12.9. The predicted molar refractivity (Wildman–Crippen MR) is 128 cm³/mol. The summed E-state index contributed by atoms with van der Waals surface area (Å²) in [6.07, 6.45) is 5.15. The van der Waals surface area contributed by atoms with Crippen LogP contribution in [0.3, 0.4) is 0 Å². The molecule has 0 radical (unpaired) electrons. The third-order valence-electron chi connectivity index (χ3n) is 5.94. The second-order valence-corrected chi connectivity index (χ2v) is 9.23. The zero-order valence-corrected chi connectivity index (χ0v) is 19.6. The lowest BCUT2D eigenvalue weighted by Gasteiger charge is -2.21. The molecule has 2 heterocycles. The number of aromatic nitrogens is 4. The van der Waals surface area contributed by atoms with Crippen molar-refractivity contribution in [2.75, 3.05) is 11.1 Å². The van der Waals surface area contributed by atoms with E-state index in [0.717, 1.165) is 48.4 Å². The number of carbonyl (C=O) groups excluding carboxylic acids is 1. The van der Waals surface area contributed by atoms with E-state index in [0.29, 0.717) is 16.5 Å². The molecule has 1 aliphatic carbocycles. The minimum Gasteiger partial charge on any atom is -0.325 e. The van der Waals surface area contributed by atoms with Crippen LogP contribution in [0.1, 0.15) is 43.8 Å². The lowest BCUT2D eigenvalue weighted by Crippen LogP contribution is -2.38. The van der Waals surface area contributed by atoms with Gasteiger partial charge in [0, 0.05) is 37.8 Å². The summed E-state index contributed by atoms with van der Waals surface area (Å²) < 4.78 is 2.33. The predicted octanol–water partition coefficient (Wildman–Crippen LogP) is 2.71. The van der Waals surface area contributed by atoms with Crippen LogP contribution in [-0.2, 0) is 18.9 Å². The Morgan fingerprint density at radius 3 is 2.62 bits per heavy atom. The lowest BCUT2D eigenvalue weighted by molar-refractivity contribution is -0.384. The summed E-state index contributed by atoms with van der Waals surface area (Å²) in [5.74, 6) is 0.232. The number of nitrogens with one attached hydrogen (secondary N) is 1. The van der Waals surface area contributed by atoms with Crippen LogP contribution < -0.4 is 16.6 Å². The lowest BCUT2D eigenvalue weighted by atomic mass is 9.89. The maximum absolute atomic E-state index is 12.9. The molecule has 178 valence electrons. The van der Waals surface area contributed by atoms with Crippen LogP contribution in [-0.4, -0.2) is 35.7 Å². The van der Waals surface area contributed by atoms with Crippen LogP contribution in [0.15, 0.2) is 38.9 Å². The van der Waals surface area contributed by atoms with E-state index in [9.17, 15) is 24.5 Å². The third-order valence-corrected chi connectivity index (χ3v) is 6.91. The molecular formula is C22H24N6O5S. The summed E-state index contributed by atoms with van der Waals surface area (Å²) in [5, 5.41) is 14.1. The molecule has 0 aliphatic heterocycles. The van der Waals surface area contributed by atoms with E-state index in [1.54, 1.807) is 13.1 Å². The molecule has 1 aliphatic rings. The van der Waals surface area contributed by atoms with Gasteiger partial charge in [-0.15, -0.1) is 0 Å². The highest BCUT2D eigenvalue weighted by atomic mass is 32.2. The molecule has 0 unspecified atom stereocenters. The van der Waals surface area contributed by atoms with E-state index in [4.69, 9.17) is 0 Å². The molecule has 0 saturated heterocycles. The fourth-order valence-electron chi connectivity index (χ4n) is 4.12. The minimum atomic E-state index is -0.537. The van der Waals surface area contributed by atoms with Gasteiger partial charge in [-0.1, -0.05) is 37.1 Å². The van der Waals surface area contributed by atoms with Crippen molar-refractivity contribution in [1.82, 2.24) is 19.1 Å². The average Bonchev–Trinajstić information content (AvgIpc) is 2.85. The number of non-ortho nitro benzene ring substituents is 1. The summed E-state index contributed by atoms with van der Waals surface area (Å²) in [5.41, 5.74) is -0.576. The minimum absolute atomic E-state index is 0.0785. The van der Waals surface area contributed by atoms with Crippen molar-refractivity contribution >= 4 is 40.1 Å². The first-order valence-corrected chi connectivity index (χ1v) is 11.9. The first kappa shape index (κ1) is 23.6. The smallest absolute Gasteiger partial charge is 0.325 e. The van der Waals surface area contributed by atoms with Crippen molar-refractivity contribution in [3.8, 4) is 0 Å². The number of carbonyl (C=O) groups is 1. The number of nitro groups is 1. The summed E-state index contributed by atoms with van der Waals surface area (Å²) in [4.78, 5) is 57.7. The molecule has 3 aromatic rings. The highest BCUT2D eigenvalue weighted by molar-refractivity contribution is 8.00. The molecule has 1 N–H and O–H groups in total. The number of nitrogens with zero attached hydrogens (tertiary/aromatic N) is 5. The molecule has 12 heteroatoms. The second-order valence-electron chi connectivity index (χ2n) is 8.27. The van der Waals surface area contributed by atoms with Crippen LogP contribution in [0, 0.1) is 10.1 Å². The fourth-order valence-corrected chi connectivity index (χ4v) is 4.94. The number of hydrogen-bond acceptors (Lipinski definition) is 8.